The van der Waals surface area contributed by atoms with Gasteiger partial charge in [0, 0.05) is 17.4 Å². The number of methoxy groups -OCH3 is 1. The Hall–Kier alpha value is -3.32. The van der Waals surface area contributed by atoms with Crippen molar-refractivity contribution in [1.29, 1.82) is 0 Å². The summed E-state index contributed by atoms with van der Waals surface area (Å²) in [6.45, 7) is -0.121. The Morgan fingerprint density at radius 1 is 0.926 bits per heavy atom. The van der Waals surface area contributed by atoms with E-state index in [-0.39, 0.29) is 18.4 Å². The Kier molecular flexibility index (Phi) is 6.06. The van der Waals surface area contributed by atoms with Crippen LogP contribution >= 0.6 is 11.3 Å². The predicted molar refractivity (Wildman–Crippen MR) is 106 cm³/mol. The molecule has 0 spiro atoms. The van der Waals surface area contributed by atoms with Crippen molar-refractivity contribution in [3.63, 3.8) is 0 Å². The van der Waals surface area contributed by atoms with Crippen molar-refractivity contribution in [3.8, 4) is 11.5 Å². The number of benzene rings is 2. The summed E-state index contributed by atoms with van der Waals surface area (Å²) in [6.07, 6.45) is 0. The normalized spacial score (nSPS) is 10.1. The molecule has 3 aromatic rings. The van der Waals surface area contributed by atoms with Gasteiger partial charge in [0.1, 0.15) is 11.5 Å². The molecule has 1 heterocycles. The van der Waals surface area contributed by atoms with Crippen molar-refractivity contribution < 1.29 is 19.1 Å². The van der Waals surface area contributed by atoms with E-state index < -0.39 is 0 Å². The molecule has 0 saturated carbocycles. The van der Waals surface area contributed by atoms with Crippen molar-refractivity contribution in [2.24, 2.45) is 0 Å². The summed E-state index contributed by atoms with van der Waals surface area (Å²) < 4.78 is 10.6. The highest BCUT2D eigenvalue weighted by Gasteiger charge is 2.08. The van der Waals surface area contributed by atoms with Crippen LogP contribution in [0.1, 0.15) is 9.67 Å². The van der Waals surface area contributed by atoms with Gasteiger partial charge in [-0.15, -0.1) is 11.3 Å². The standard InChI is InChI=1S/C20H18N2O4S/c1-25-16-4-2-5-17(12-16)26-13-19(23)21-14-7-9-15(10-8-14)22-20(24)18-6-3-11-27-18/h2-12H,13H2,1H3,(H,21,23)(H,22,24). The average molecular weight is 382 g/mol. The summed E-state index contributed by atoms with van der Waals surface area (Å²) in [5.74, 6) is 0.769. The van der Waals surface area contributed by atoms with Crippen molar-refractivity contribution in [2.75, 3.05) is 24.4 Å². The van der Waals surface area contributed by atoms with Crippen molar-refractivity contribution in [1.82, 2.24) is 0 Å². The second-order valence-corrected chi connectivity index (χ2v) is 6.47. The zero-order valence-electron chi connectivity index (χ0n) is 14.6. The van der Waals surface area contributed by atoms with Crippen LogP contribution in [-0.4, -0.2) is 25.5 Å². The van der Waals surface area contributed by atoms with Crippen LogP contribution in [0, 0.1) is 0 Å². The van der Waals surface area contributed by atoms with Gasteiger partial charge in [-0.1, -0.05) is 12.1 Å². The number of anilines is 2. The second kappa shape index (κ2) is 8.86. The third-order valence-corrected chi connectivity index (χ3v) is 4.45. The first-order valence-electron chi connectivity index (χ1n) is 8.15. The van der Waals surface area contributed by atoms with Gasteiger partial charge in [-0.05, 0) is 47.8 Å². The smallest absolute Gasteiger partial charge is 0.265 e. The zero-order valence-corrected chi connectivity index (χ0v) is 15.4. The van der Waals surface area contributed by atoms with E-state index in [1.54, 1.807) is 61.7 Å². The van der Waals surface area contributed by atoms with Crippen molar-refractivity contribution in [2.45, 2.75) is 0 Å². The summed E-state index contributed by atoms with van der Waals surface area (Å²) in [4.78, 5) is 24.7. The molecule has 2 amide bonds. The van der Waals surface area contributed by atoms with E-state index >= 15 is 0 Å². The molecule has 3 rings (SSSR count). The maximum Gasteiger partial charge on any atom is 0.265 e. The minimum atomic E-state index is -0.284. The number of carbonyl (C=O) groups excluding carboxylic acids is 2. The van der Waals surface area contributed by atoms with E-state index in [0.29, 0.717) is 27.8 Å². The van der Waals surface area contributed by atoms with Gasteiger partial charge in [0.05, 0.1) is 12.0 Å². The Bertz CT molecular complexity index is 908. The molecular weight excluding hydrogens is 364 g/mol. The molecule has 0 bridgehead atoms. The number of rotatable bonds is 7. The monoisotopic (exact) mass is 382 g/mol. The van der Waals surface area contributed by atoms with Crippen LogP contribution in [0.2, 0.25) is 0 Å². The van der Waals surface area contributed by atoms with Crippen LogP contribution in [-0.2, 0) is 4.79 Å². The zero-order chi connectivity index (χ0) is 19.1. The van der Waals surface area contributed by atoms with E-state index in [2.05, 4.69) is 10.6 Å². The summed E-state index contributed by atoms with van der Waals surface area (Å²) in [7, 11) is 1.57. The first-order chi connectivity index (χ1) is 13.1. The molecule has 0 aliphatic rings. The molecule has 0 aliphatic heterocycles. The summed E-state index contributed by atoms with van der Waals surface area (Å²) in [5, 5.41) is 7.40. The van der Waals surface area contributed by atoms with Gasteiger partial charge in [-0.3, -0.25) is 9.59 Å². The van der Waals surface area contributed by atoms with E-state index in [0.717, 1.165) is 0 Å². The van der Waals surface area contributed by atoms with E-state index in [9.17, 15) is 9.59 Å². The summed E-state index contributed by atoms with van der Waals surface area (Å²) in [5.41, 5.74) is 1.27. The highest BCUT2D eigenvalue weighted by atomic mass is 32.1. The topological polar surface area (TPSA) is 76.7 Å². The molecule has 27 heavy (non-hydrogen) atoms. The fourth-order valence-electron chi connectivity index (χ4n) is 2.27. The SMILES string of the molecule is COc1cccc(OCC(=O)Nc2ccc(NC(=O)c3cccs3)cc2)c1. The molecular formula is C20H18N2O4S. The second-order valence-electron chi connectivity index (χ2n) is 5.52. The lowest BCUT2D eigenvalue weighted by molar-refractivity contribution is -0.118. The van der Waals surface area contributed by atoms with Gasteiger partial charge in [0.2, 0.25) is 0 Å². The largest absolute Gasteiger partial charge is 0.497 e. The molecule has 138 valence electrons. The van der Waals surface area contributed by atoms with Gasteiger partial charge in [0.15, 0.2) is 6.61 Å². The number of nitrogens with one attached hydrogen (secondary N) is 2. The maximum atomic E-state index is 12.0. The highest BCUT2D eigenvalue weighted by Crippen LogP contribution is 2.19. The number of carbonyl (C=O) groups is 2. The maximum absolute atomic E-state index is 12.0. The molecule has 6 nitrogen and oxygen atoms in total. The molecule has 0 fully saturated rings. The summed E-state index contributed by atoms with van der Waals surface area (Å²) in [6, 6.07) is 17.5. The van der Waals surface area contributed by atoms with E-state index in [4.69, 9.17) is 9.47 Å². The lowest BCUT2D eigenvalue weighted by atomic mass is 10.2. The van der Waals surface area contributed by atoms with Crippen LogP contribution < -0.4 is 20.1 Å². The number of hydrogen-bond donors (Lipinski definition) is 2. The molecule has 0 aliphatic carbocycles. The minimum Gasteiger partial charge on any atom is -0.497 e. The number of hydrogen-bond acceptors (Lipinski definition) is 5. The number of amides is 2. The fraction of sp³-hybridized carbons (Fsp3) is 0.100. The first-order valence-corrected chi connectivity index (χ1v) is 9.03. The van der Waals surface area contributed by atoms with Gasteiger partial charge >= 0.3 is 0 Å². The Morgan fingerprint density at radius 3 is 2.30 bits per heavy atom. The third-order valence-electron chi connectivity index (χ3n) is 3.58. The molecule has 0 unspecified atom stereocenters. The minimum absolute atomic E-state index is 0.121. The van der Waals surface area contributed by atoms with Crippen LogP contribution in [0.3, 0.4) is 0 Å². The highest BCUT2D eigenvalue weighted by molar-refractivity contribution is 7.12. The number of ether oxygens (including phenoxy) is 2. The Labute approximate surface area is 160 Å². The van der Waals surface area contributed by atoms with Crippen LogP contribution in [0.15, 0.2) is 66.0 Å². The van der Waals surface area contributed by atoms with E-state index in [1.807, 2.05) is 11.4 Å². The Balaban J connectivity index is 1.50. The summed E-state index contributed by atoms with van der Waals surface area (Å²) >= 11 is 1.38. The molecule has 1 aromatic heterocycles. The molecule has 7 heteroatoms. The quantitative estimate of drug-likeness (QED) is 0.647. The lowest BCUT2D eigenvalue weighted by Gasteiger charge is -2.09. The van der Waals surface area contributed by atoms with Crippen LogP contribution in [0.5, 0.6) is 11.5 Å². The lowest BCUT2D eigenvalue weighted by Crippen LogP contribution is -2.20. The van der Waals surface area contributed by atoms with Gasteiger partial charge in [0.25, 0.3) is 11.8 Å². The average Bonchev–Trinajstić information content (AvgIpc) is 3.23. The molecule has 2 N–H and O–H groups in total. The van der Waals surface area contributed by atoms with E-state index in [1.165, 1.54) is 11.3 Å². The first kappa shape index (κ1) is 18.5. The third kappa shape index (κ3) is 5.32. The molecule has 2 aromatic carbocycles. The molecule has 0 atom stereocenters. The van der Waals surface area contributed by atoms with Crippen LogP contribution in [0.25, 0.3) is 0 Å². The molecule has 0 saturated heterocycles. The van der Waals surface area contributed by atoms with Crippen LogP contribution in [0.4, 0.5) is 11.4 Å². The van der Waals surface area contributed by atoms with Gasteiger partial charge in [-0.2, -0.15) is 0 Å². The van der Waals surface area contributed by atoms with Gasteiger partial charge < -0.3 is 20.1 Å². The fourth-order valence-corrected chi connectivity index (χ4v) is 2.89. The van der Waals surface area contributed by atoms with Crippen molar-refractivity contribution in [3.05, 3.63) is 70.9 Å². The van der Waals surface area contributed by atoms with Crippen molar-refractivity contribution >= 4 is 34.5 Å². The molecule has 0 radical (unpaired) electrons. The Morgan fingerprint density at radius 2 is 1.63 bits per heavy atom. The predicted octanol–water partition coefficient (Wildman–Crippen LogP) is 4.03. The number of thiophene rings is 1. The van der Waals surface area contributed by atoms with Gasteiger partial charge in [-0.25, -0.2) is 0 Å².